The molecule has 4 amide bonds. The van der Waals surface area contributed by atoms with Crippen LogP contribution in [0.3, 0.4) is 0 Å². The van der Waals surface area contributed by atoms with Crippen molar-refractivity contribution in [2.24, 2.45) is 11.5 Å². The molecule has 13 heteroatoms. The Morgan fingerprint density at radius 3 is 1.76 bits per heavy atom. The van der Waals surface area contributed by atoms with Crippen molar-refractivity contribution in [3.05, 3.63) is 35.9 Å². The predicted octanol–water partition coefficient (Wildman–Crippen LogP) is -3.27. The minimum atomic E-state index is -1.61. The van der Waals surface area contributed by atoms with E-state index in [1.807, 2.05) is 0 Å². The molecule has 6 atom stereocenters. The van der Waals surface area contributed by atoms with Crippen LogP contribution < -0.4 is 27.4 Å². The Bertz CT molecular complexity index is 877. The van der Waals surface area contributed by atoms with Crippen molar-refractivity contribution in [3.8, 4) is 0 Å². The van der Waals surface area contributed by atoms with Crippen LogP contribution in [0.5, 0.6) is 0 Å². The SMILES string of the molecule is CC(O)C(NC(=O)C(N)CC(N)=O)C(=O)NC(C(=O)NC(Cc1ccccc1)C(=O)O)C(C)O. The molecule has 1 aromatic carbocycles. The molecule has 0 aliphatic carbocycles. The maximum atomic E-state index is 12.7. The van der Waals surface area contributed by atoms with Gasteiger partial charge in [-0.2, -0.15) is 0 Å². The Balaban J connectivity index is 2.93. The molecule has 13 nitrogen and oxygen atoms in total. The quantitative estimate of drug-likeness (QED) is 0.141. The van der Waals surface area contributed by atoms with Crippen LogP contribution in [0.25, 0.3) is 0 Å². The van der Waals surface area contributed by atoms with Gasteiger partial charge in [0.05, 0.1) is 24.7 Å². The summed E-state index contributed by atoms with van der Waals surface area (Å²) in [6, 6.07) is 2.56. The van der Waals surface area contributed by atoms with E-state index in [2.05, 4.69) is 16.0 Å². The number of carboxylic acid groups (broad SMARTS) is 1. The standard InChI is InChI=1S/C21H31N5O8/c1-10(27)16(19(31)24-14(21(33)34)8-12-6-4-3-5-7-12)26-20(32)17(11(2)28)25-18(30)13(22)9-15(23)29/h3-7,10-11,13-14,16-17,27-28H,8-9,22H2,1-2H3,(H2,23,29)(H,24,31)(H,25,30)(H,26,32)(H,33,34). The van der Waals surface area contributed by atoms with Crippen LogP contribution in [0.4, 0.5) is 0 Å². The minimum Gasteiger partial charge on any atom is -0.480 e. The number of carbonyl (C=O) groups is 5. The number of aliphatic carboxylic acids is 1. The molecule has 0 saturated heterocycles. The van der Waals surface area contributed by atoms with Crippen molar-refractivity contribution in [1.82, 2.24) is 16.0 Å². The van der Waals surface area contributed by atoms with E-state index in [1.54, 1.807) is 30.3 Å². The highest BCUT2D eigenvalue weighted by atomic mass is 16.4. The van der Waals surface area contributed by atoms with Gasteiger partial charge in [-0.1, -0.05) is 30.3 Å². The molecule has 0 radical (unpaired) electrons. The van der Waals surface area contributed by atoms with Gasteiger partial charge in [0.1, 0.15) is 18.1 Å². The molecule has 1 aromatic rings. The maximum Gasteiger partial charge on any atom is 0.326 e. The number of carboxylic acids is 1. The summed E-state index contributed by atoms with van der Waals surface area (Å²) in [5.74, 6) is -5.18. The highest BCUT2D eigenvalue weighted by Crippen LogP contribution is 2.05. The van der Waals surface area contributed by atoms with E-state index in [-0.39, 0.29) is 6.42 Å². The fourth-order valence-electron chi connectivity index (χ4n) is 2.93. The number of primary amides is 1. The number of amides is 4. The lowest BCUT2D eigenvalue weighted by Gasteiger charge is -2.27. The number of aliphatic hydroxyl groups is 2. The third-order valence-corrected chi connectivity index (χ3v) is 4.78. The minimum absolute atomic E-state index is 0.0491. The Kier molecular flexibility index (Phi) is 11.1. The van der Waals surface area contributed by atoms with E-state index in [1.165, 1.54) is 13.8 Å². The Labute approximate surface area is 195 Å². The Morgan fingerprint density at radius 2 is 1.32 bits per heavy atom. The summed E-state index contributed by atoms with van der Waals surface area (Å²) in [4.78, 5) is 60.0. The van der Waals surface area contributed by atoms with E-state index >= 15 is 0 Å². The lowest BCUT2D eigenvalue weighted by molar-refractivity contribution is -0.143. The molecule has 0 aromatic heterocycles. The summed E-state index contributed by atoms with van der Waals surface area (Å²) in [6.07, 6.45) is -3.46. The second-order valence-corrected chi connectivity index (χ2v) is 7.82. The van der Waals surface area contributed by atoms with Crippen molar-refractivity contribution in [1.29, 1.82) is 0 Å². The third kappa shape index (κ3) is 9.13. The zero-order valence-corrected chi connectivity index (χ0v) is 18.8. The molecule has 0 heterocycles. The van der Waals surface area contributed by atoms with Crippen molar-refractivity contribution in [3.63, 3.8) is 0 Å². The fourth-order valence-corrected chi connectivity index (χ4v) is 2.93. The summed E-state index contributed by atoms with van der Waals surface area (Å²) >= 11 is 0. The van der Waals surface area contributed by atoms with Gasteiger partial charge in [-0.25, -0.2) is 4.79 Å². The van der Waals surface area contributed by atoms with Crippen LogP contribution in [-0.4, -0.2) is 81.3 Å². The zero-order chi connectivity index (χ0) is 26.0. The topological polar surface area (TPSA) is 234 Å². The van der Waals surface area contributed by atoms with Gasteiger partial charge in [-0.05, 0) is 19.4 Å². The molecular formula is C21H31N5O8. The number of carbonyl (C=O) groups excluding carboxylic acids is 4. The van der Waals surface area contributed by atoms with Gasteiger partial charge in [0.15, 0.2) is 0 Å². The van der Waals surface area contributed by atoms with Crippen molar-refractivity contribution in [2.45, 2.75) is 63.1 Å². The molecule has 34 heavy (non-hydrogen) atoms. The molecule has 188 valence electrons. The van der Waals surface area contributed by atoms with E-state index in [4.69, 9.17) is 11.5 Å². The summed E-state index contributed by atoms with van der Waals surface area (Å²) in [7, 11) is 0. The predicted molar refractivity (Wildman–Crippen MR) is 119 cm³/mol. The number of hydrogen-bond acceptors (Lipinski definition) is 8. The largest absolute Gasteiger partial charge is 0.480 e. The zero-order valence-electron chi connectivity index (χ0n) is 18.8. The first kappa shape index (κ1) is 28.5. The molecule has 0 saturated carbocycles. The third-order valence-electron chi connectivity index (χ3n) is 4.78. The number of hydrogen-bond donors (Lipinski definition) is 8. The van der Waals surface area contributed by atoms with Crippen LogP contribution in [0.1, 0.15) is 25.8 Å². The van der Waals surface area contributed by atoms with Crippen molar-refractivity contribution >= 4 is 29.6 Å². The van der Waals surface area contributed by atoms with Crippen LogP contribution in [-0.2, 0) is 30.4 Å². The number of aliphatic hydroxyl groups excluding tert-OH is 2. The van der Waals surface area contributed by atoms with Gasteiger partial charge < -0.3 is 42.7 Å². The summed E-state index contributed by atoms with van der Waals surface area (Å²) < 4.78 is 0. The monoisotopic (exact) mass is 481 g/mol. The van der Waals surface area contributed by atoms with E-state index in [9.17, 15) is 39.3 Å². The molecule has 0 bridgehead atoms. The number of rotatable bonds is 13. The van der Waals surface area contributed by atoms with Crippen molar-refractivity contribution in [2.75, 3.05) is 0 Å². The highest BCUT2D eigenvalue weighted by Gasteiger charge is 2.34. The molecule has 6 unspecified atom stereocenters. The van der Waals surface area contributed by atoms with E-state index in [0.717, 1.165) is 0 Å². The number of benzene rings is 1. The first-order valence-electron chi connectivity index (χ1n) is 10.4. The maximum absolute atomic E-state index is 12.7. The van der Waals surface area contributed by atoms with Gasteiger partial charge >= 0.3 is 5.97 Å². The van der Waals surface area contributed by atoms with Crippen LogP contribution in [0.2, 0.25) is 0 Å². The summed E-state index contributed by atoms with van der Waals surface area (Å²) in [5.41, 5.74) is 11.1. The van der Waals surface area contributed by atoms with Gasteiger partial charge in [-0.15, -0.1) is 0 Å². The average Bonchev–Trinajstić information content (AvgIpc) is 2.74. The van der Waals surface area contributed by atoms with Gasteiger partial charge in [0, 0.05) is 6.42 Å². The van der Waals surface area contributed by atoms with Gasteiger partial charge in [0.25, 0.3) is 0 Å². The lowest BCUT2D eigenvalue weighted by Crippen LogP contribution is -2.62. The van der Waals surface area contributed by atoms with Crippen LogP contribution in [0.15, 0.2) is 30.3 Å². The number of nitrogens with one attached hydrogen (secondary N) is 3. The molecular weight excluding hydrogens is 450 g/mol. The molecule has 0 aliphatic heterocycles. The van der Waals surface area contributed by atoms with Crippen LogP contribution in [0, 0.1) is 0 Å². The molecule has 0 spiro atoms. The second kappa shape index (κ2) is 13.2. The van der Waals surface area contributed by atoms with Gasteiger partial charge in [0.2, 0.25) is 23.6 Å². The second-order valence-electron chi connectivity index (χ2n) is 7.82. The lowest BCUT2D eigenvalue weighted by atomic mass is 10.0. The molecule has 0 fully saturated rings. The summed E-state index contributed by atoms with van der Waals surface area (Å²) in [6.45, 7) is 2.37. The Hall–Kier alpha value is -3.55. The van der Waals surface area contributed by atoms with Gasteiger partial charge in [-0.3, -0.25) is 19.2 Å². The summed E-state index contributed by atoms with van der Waals surface area (Å²) in [5, 5.41) is 36.0. The fraction of sp³-hybridized carbons (Fsp3) is 0.476. The molecule has 10 N–H and O–H groups in total. The molecule has 1 rings (SSSR count). The van der Waals surface area contributed by atoms with E-state index in [0.29, 0.717) is 5.56 Å². The highest BCUT2D eigenvalue weighted by molar-refractivity contribution is 5.95. The van der Waals surface area contributed by atoms with Crippen molar-refractivity contribution < 1.29 is 39.3 Å². The normalized spacial score (nSPS) is 16.1. The number of nitrogens with two attached hydrogens (primary N) is 2. The molecule has 0 aliphatic rings. The first-order chi connectivity index (χ1) is 15.8. The average molecular weight is 482 g/mol. The smallest absolute Gasteiger partial charge is 0.326 e. The van der Waals surface area contributed by atoms with E-state index < -0.39 is 72.4 Å². The van der Waals surface area contributed by atoms with Crippen LogP contribution >= 0.6 is 0 Å². The first-order valence-corrected chi connectivity index (χ1v) is 10.4. The Morgan fingerprint density at radius 1 is 0.853 bits per heavy atom.